The van der Waals surface area contributed by atoms with Crippen molar-refractivity contribution in [2.24, 2.45) is 0 Å². The highest BCUT2D eigenvalue weighted by molar-refractivity contribution is 5.90. The summed E-state index contributed by atoms with van der Waals surface area (Å²) in [5.41, 5.74) is 3.93. The van der Waals surface area contributed by atoms with E-state index in [9.17, 15) is 0 Å². The summed E-state index contributed by atoms with van der Waals surface area (Å²) in [7, 11) is 1.66. The predicted octanol–water partition coefficient (Wildman–Crippen LogP) is 3.33. The first-order chi connectivity index (χ1) is 9.67. The predicted molar refractivity (Wildman–Crippen MR) is 79.6 cm³/mol. The zero-order chi connectivity index (χ0) is 14.1. The minimum absolute atomic E-state index is 0.767. The molecule has 0 amide bonds. The number of anilines is 2. The number of aryl methyl sites for hydroxylation is 2. The van der Waals surface area contributed by atoms with E-state index in [2.05, 4.69) is 20.3 Å². The van der Waals surface area contributed by atoms with E-state index in [0.29, 0.717) is 0 Å². The van der Waals surface area contributed by atoms with E-state index in [1.807, 2.05) is 38.1 Å². The van der Waals surface area contributed by atoms with Gasteiger partial charge < -0.3 is 15.0 Å². The molecule has 20 heavy (non-hydrogen) atoms. The molecule has 0 aliphatic carbocycles. The summed E-state index contributed by atoms with van der Waals surface area (Å²) in [4.78, 5) is 11.8. The number of rotatable bonds is 3. The molecule has 3 aromatic rings. The maximum absolute atomic E-state index is 5.38. The van der Waals surface area contributed by atoms with Crippen LogP contribution in [0.4, 0.5) is 11.5 Å². The van der Waals surface area contributed by atoms with Crippen LogP contribution in [0.3, 0.4) is 0 Å². The third-order valence-electron chi connectivity index (χ3n) is 3.17. The normalized spacial score (nSPS) is 10.8. The lowest BCUT2D eigenvalue weighted by molar-refractivity contribution is 0.416. The van der Waals surface area contributed by atoms with Crippen molar-refractivity contribution in [1.82, 2.24) is 15.0 Å². The number of ether oxygens (including phenoxy) is 1. The molecule has 0 bridgehead atoms. The third kappa shape index (κ3) is 2.18. The van der Waals surface area contributed by atoms with Gasteiger partial charge in [-0.15, -0.1) is 0 Å². The van der Waals surface area contributed by atoms with Crippen molar-refractivity contribution in [2.45, 2.75) is 13.8 Å². The number of fused-ring (bicyclic) bond motifs is 1. The fourth-order valence-corrected chi connectivity index (χ4v) is 2.22. The fourth-order valence-electron chi connectivity index (χ4n) is 2.22. The van der Waals surface area contributed by atoms with Gasteiger partial charge in [-0.05, 0) is 37.6 Å². The van der Waals surface area contributed by atoms with E-state index in [0.717, 1.165) is 39.5 Å². The van der Waals surface area contributed by atoms with Crippen molar-refractivity contribution in [3.8, 4) is 5.75 Å². The van der Waals surface area contributed by atoms with Gasteiger partial charge in [0.15, 0.2) is 0 Å². The van der Waals surface area contributed by atoms with Crippen LogP contribution < -0.4 is 10.1 Å². The fraction of sp³-hybridized carbons (Fsp3) is 0.200. The Morgan fingerprint density at radius 3 is 2.80 bits per heavy atom. The number of H-pyrrole nitrogens is 1. The zero-order valence-electron chi connectivity index (χ0n) is 11.7. The molecule has 0 atom stereocenters. The molecule has 0 unspecified atom stereocenters. The van der Waals surface area contributed by atoms with Crippen LogP contribution in [0.25, 0.3) is 11.0 Å². The summed E-state index contributed by atoms with van der Waals surface area (Å²) >= 11 is 0. The highest BCUT2D eigenvalue weighted by Crippen LogP contribution is 2.30. The molecule has 0 radical (unpaired) electrons. The number of aromatic nitrogens is 3. The van der Waals surface area contributed by atoms with Gasteiger partial charge in [0, 0.05) is 5.69 Å². The Bertz CT molecular complexity index is 764. The number of nitrogens with zero attached hydrogens (tertiary/aromatic N) is 2. The van der Waals surface area contributed by atoms with E-state index < -0.39 is 0 Å². The van der Waals surface area contributed by atoms with Crippen LogP contribution in [-0.4, -0.2) is 22.1 Å². The van der Waals surface area contributed by atoms with Crippen molar-refractivity contribution in [3.05, 3.63) is 41.9 Å². The van der Waals surface area contributed by atoms with E-state index >= 15 is 0 Å². The molecule has 0 aliphatic heterocycles. The lowest BCUT2D eigenvalue weighted by atomic mass is 10.2. The van der Waals surface area contributed by atoms with Crippen LogP contribution in [0.5, 0.6) is 5.75 Å². The Morgan fingerprint density at radius 2 is 2.00 bits per heavy atom. The van der Waals surface area contributed by atoms with Crippen molar-refractivity contribution in [1.29, 1.82) is 0 Å². The molecule has 2 N–H and O–H groups in total. The molecule has 2 heterocycles. The smallest absolute Gasteiger partial charge is 0.143 e. The summed E-state index contributed by atoms with van der Waals surface area (Å²) < 4.78 is 5.38. The Hall–Kier alpha value is -2.56. The molecule has 0 aliphatic rings. The third-order valence-corrected chi connectivity index (χ3v) is 3.17. The number of hydrogen-bond donors (Lipinski definition) is 2. The van der Waals surface area contributed by atoms with Gasteiger partial charge in [-0.3, -0.25) is 0 Å². The van der Waals surface area contributed by atoms with Gasteiger partial charge in [0.1, 0.15) is 23.5 Å². The minimum Gasteiger partial charge on any atom is -0.495 e. The maximum Gasteiger partial charge on any atom is 0.143 e. The molecule has 5 heteroatoms. The average molecular weight is 268 g/mol. The zero-order valence-corrected chi connectivity index (χ0v) is 11.7. The van der Waals surface area contributed by atoms with Crippen LogP contribution in [0.1, 0.15) is 11.3 Å². The first kappa shape index (κ1) is 12.5. The first-order valence-electron chi connectivity index (χ1n) is 6.39. The Morgan fingerprint density at radius 1 is 1.15 bits per heavy atom. The SMILES string of the molecule is COc1ccc(C)cc1Nc1ncnc2[nH]c(C)cc12. The lowest BCUT2D eigenvalue weighted by Crippen LogP contribution is -1.98. The summed E-state index contributed by atoms with van der Waals surface area (Å²) in [6.45, 7) is 4.04. The number of hydrogen-bond acceptors (Lipinski definition) is 4. The van der Waals surface area contributed by atoms with Gasteiger partial charge in [-0.2, -0.15) is 0 Å². The number of aromatic amines is 1. The molecular formula is C15H16N4O. The highest BCUT2D eigenvalue weighted by Gasteiger charge is 2.09. The molecule has 0 saturated heterocycles. The van der Waals surface area contributed by atoms with Crippen molar-refractivity contribution >= 4 is 22.5 Å². The largest absolute Gasteiger partial charge is 0.495 e. The van der Waals surface area contributed by atoms with Gasteiger partial charge >= 0.3 is 0 Å². The Labute approximate surface area is 117 Å². The number of benzene rings is 1. The molecule has 3 rings (SSSR count). The monoisotopic (exact) mass is 268 g/mol. The Kier molecular flexibility index (Phi) is 3.02. The van der Waals surface area contributed by atoms with Gasteiger partial charge in [0.25, 0.3) is 0 Å². The molecule has 1 aromatic carbocycles. The average Bonchev–Trinajstić information content (AvgIpc) is 2.80. The lowest BCUT2D eigenvalue weighted by Gasteiger charge is -2.11. The van der Waals surface area contributed by atoms with E-state index in [1.54, 1.807) is 13.4 Å². The van der Waals surface area contributed by atoms with Gasteiger partial charge in [-0.1, -0.05) is 6.07 Å². The van der Waals surface area contributed by atoms with Crippen LogP contribution >= 0.6 is 0 Å². The van der Waals surface area contributed by atoms with Crippen LogP contribution in [0, 0.1) is 13.8 Å². The van der Waals surface area contributed by atoms with Gasteiger partial charge in [0.05, 0.1) is 18.2 Å². The van der Waals surface area contributed by atoms with Gasteiger partial charge in [0.2, 0.25) is 0 Å². The molecule has 0 fully saturated rings. The molecule has 0 spiro atoms. The summed E-state index contributed by atoms with van der Waals surface area (Å²) in [5.74, 6) is 1.55. The van der Waals surface area contributed by atoms with Crippen LogP contribution in [0.15, 0.2) is 30.6 Å². The van der Waals surface area contributed by atoms with Crippen LogP contribution in [0.2, 0.25) is 0 Å². The Balaban J connectivity index is 2.07. The van der Waals surface area contributed by atoms with Crippen molar-refractivity contribution in [2.75, 3.05) is 12.4 Å². The molecule has 0 saturated carbocycles. The highest BCUT2D eigenvalue weighted by atomic mass is 16.5. The van der Waals surface area contributed by atoms with Crippen molar-refractivity contribution < 1.29 is 4.74 Å². The summed E-state index contributed by atoms with van der Waals surface area (Å²) in [6.07, 6.45) is 1.54. The van der Waals surface area contributed by atoms with E-state index in [4.69, 9.17) is 4.74 Å². The number of nitrogens with one attached hydrogen (secondary N) is 2. The van der Waals surface area contributed by atoms with Gasteiger partial charge in [-0.25, -0.2) is 9.97 Å². The van der Waals surface area contributed by atoms with E-state index in [-0.39, 0.29) is 0 Å². The second-order valence-electron chi connectivity index (χ2n) is 4.77. The second kappa shape index (κ2) is 4.85. The summed E-state index contributed by atoms with van der Waals surface area (Å²) in [5, 5.41) is 4.29. The first-order valence-corrected chi connectivity index (χ1v) is 6.39. The minimum atomic E-state index is 0.767. The molecule has 2 aromatic heterocycles. The van der Waals surface area contributed by atoms with Crippen LogP contribution in [-0.2, 0) is 0 Å². The molecule has 5 nitrogen and oxygen atoms in total. The number of methoxy groups -OCH3 is 1. The topological polar surface area (TPSA) is 62.8 Å². The maximum atomic E-state index is 5.38. The second-order valence-corrected chi connectivity index (χ2v) is 4.77. The summed E-state index contributed by atoms with van der Waals surface area (Å²) in [6, 6.07) is 8.02. The molecular weight excluding hydrogens is 252 g/mol. The van der Waals surface area contributed by atoms with E-state index in [1.165, 1.54) is 0 Å². The van der Waals surface area contributed by atoms with Crippen molar-refractivity contribution in [3.63, 3.8) is 0 Å². The standard InChI is InChI=1S/C15H16N4O/c1-9-4-5-13(20-3)12(6-9)19-15-11-7-10(2)18-14(11)16-8-17-15/h4-8H,1-3H3,(H2,16,17,18,19). The quantitative estimate of drug-likeness (QED) is 0.764. The molecule has 102 valence electrons.